The Labute approximate surface area is 153 Å². The molecule has 0 radical (unpaired) electrons. The van der Waals surface area contributed by atoms with E-state index >= 15 is 0 Å². The Morgan fingerprint density at radius 3 is 2.42 bits per heavy atom. The summed E-state index contributed by atoms with van der Waals surface area (Å²) in [5.74, 6) is -1.31. The Morgan fingerprint density at radius 2 is 1.73 bits per heavy atom. The maximum Gasteiger partial charge on any atom is 0.335 e. The van der Waals surface area contributed by atoms with Crippen LogP contribution in [-0.2, 0) is 4.74 Å². The van der Waals surface area contributed by atoms with Crippen LogP contribution in [0.15, 0.2) is 42.5 Å². The predicted molar refractivity (Wildman–Crippen MR) is 98.5 cm³/mol. The lowest BCUT2D eigenvalue weighted by Crippen LogP contribution is -2.42. The van der Waals surface area contributed by atoms with E-state index in [0.717, 1.165) is 24.0 Å². The maximum atomic E-state index is 12.7. The quantitative estimate of drug-likeness (QED) is 0.880. The Hall–Kier alpha value is -2.66. The third kappa shape index (κ3) is 4.11. The Bertz CT molecular complexity index is 813. The van der Waals surface area contributed by atoms with Crippen LogP contribution in [0.1, 0.15) is 56.4 Å². The first-order chi connectivity index (χ1) is 12.4. The summed E-state index contributed by atoms with van der Waals surface area (Å²) in [5, 5.41) is 12.2. The zero-order valence-electron chi connectivity index (χ0n) is 15.0. The Morgan fingerprint density at radius 1 is 1.04 bits per heavy atom. The van der Waals surface area contributed by atoms with Gasteiger partial charge in [-0.1, -0.05) is 29.8 Å². The minimum absolute atomic E-state index is 0.116. The highest BCUT2D eigenvalue weighted by Gasteiger charge is 2.29. The number of carbonyl (C=O) groups excluding carboxylic acids is 1. The smallest absolute Gasteiger partial charge is 0.335 e. The summed E-state index contributed by atoms with van der Waals surface area (Å²) < 4.78 is 5.93. The van der Waals surface area contributed by atoms with E-state index in [1.54, 1.807) is 19.1 Å². The molecule has 2 aromatic rings. The fourth-order valence-electron chi connectivity index (χ4n) is 3.30. The standard InChI is InChI=1S/C21H23NO4/c1-13-5-7-15(8-6-13)19-18(4-3-9-26-19)22-20(23)16-10-14(2)11-17(12-16)21(24)25/h5-8,10-12,18-19H,3-4,9H2,1-2H3,(H,22,23)(H,24,25). The van der Waals surface area contributed by atoms with E-state index in [-0.39, 0.29) is 23.6 Å². The van der Waals surface area contributed by atoms with Crippen molar-refractivity contribution in [3.8, 4) is 0 Å². The summed E-state index contributed by atoms with van der Waals surface area (Å²) in [4.78, 5) is 23.9. The minimum atomic E-state index is -1.04. The lowest BCUT2D eigenvalue weighted by molar-refractivity contribution is -0.00946. The van der Waals surface area contributed by atoms with Crippen LogP contribution in [0.25, 0.3) is 0 Å². The van der Waals surface area contributed by atoms with Gasteiger partial charge in [-0.05, 0) is 56.0 Å². The molecule has 0 bridgehead atoms. The number of amides is 1. The first-order valence-corrected chi connectivity index (χ1v) is 8.78. The van der Waals surface area contributed by atoms with Crippen molar-refractivity contribution in [1.29, 1.82) is 0 Å². The molecule has 2 atom stereocenters. The molecule has 1 saturated heterocycles. The first-order valence-electron chi connectivity index (χ1n) is 8.78. The number of carbonyl (C=O) groups is 2. The number of rotatable bonds is 4. The summed E-state index contributed by atoms with van der Waals surface area (Å²) in [7, 11) is 0. The van der Waals surface area contributed by atoms with Crippen LogP contribution in [-0.4, -0.2) is 29.6 Å². The minimum Gasteiger partial charge on any atom is -0.478 e. The molecule has 0 saturated carbocycles. The number of aromatic carboxylic acids is 1. The molecule has 5 nitrogen and oxygen atoms in total. The lowest BCUT2D eigenvalue weighted by Gasteiger charge is -2.32. The van der Waals surface area contributed by atoms with Crippen LogP contribution < -0.4 is 5.32 Å². The van der Waals surface area contributed by atoms with Gasteiger partial charge in [-0.15, -0.1) is 0 Å². The van der Waals surface area contributed by atoms with Gasteiger partial charge in [0.2, 0.25) is 0 Å². The topological polar surface area (TPSA) is 75.6 Å². The second kappa shape index (κ2) is 7.70. The molecule has 3 rings (SSSR count). The van der Waals surface area contributed by atoms with Gasteiger partial charge in [-0.25, -0.2) is 4.79 Å². The van der Waals surface area contributed by atoms with E-state index in [1.807, 2.05) is 31.2 Å². The molecule has 1 fully saturated rings. The SMILES string of the molecule is Cc1ccc(C2OCCCC2NC(=O)c2cc(C)cc(C(=O)O)c2)cc1. The monoisotopic (exact) mass is 353 g/mol. The second-order valence-electron chi connectivity index (χ2n) is 6.82. The molecule has 26 heavy (non-hydrogen) atoms. The van der Waals surface area contributed by atoms with Gasteiger partial charge < -0.3 is 15.2 Å². The molecule has 5 heteroatoms. The van der Waals surface area contributed by atoms with Crippen LogP contribution in [0.5, 0.6) is 0 Å². The van der Waals surface area contributed by atoms with Crippen LogP contribution in [0.2, 0.25) is 0 Å². The molecule has 1 aliphatic heterocycles. The molecule has 0 aliphatic carbocycles. The van der Waals surface area contributed by atoms with Gasteiger partial charge in [-0.3, -0.25) is 4.79 Å². The van der Waals surface area contributed by atoms with Gasteiger partial charge in [0.25, 0.3) is 5.91 Å². The zero-order chi connectivity index (χ0) is 18.7. The first kappa shape index (κ1) is 18.1. The summed E-state index contributed by atoms with van der Waals surface area (Å²) in [5.41, 5.74) is 3.42. The molecule has 2 unspecified atom stereocenters. The van der Waals surface area contributed by atoms with Crippen LogP contribution in [0, 0.1) is 13.8 Å². The van der Waals surface area contributed by atoms with Crippen molar-refractivity contribution in [2.24, 2.45) is 0 Å². The van der Waals surface area contributed by atoms with Crippen molar-refractivity contribution >= 4 is 11.9 Å². The molecular formula is C21H23NO4. The zero-order valence-corrected chi connectivity index (χ0v) is 15.0. The van der Waals surface area contributed by atoms with E-state index < -0.39 is 5.97 Å². The van der Waals surface area contributed by atoms with Gasteiger partial charge in [0.1, 0.15) is 6.10 Å². The summed E-state index contributed by atoms with van der Waals surface area (Å²) in [6.07, 6.45) is 1.50. The van der Waals surface area contributed by atoms with E-state index in [2.05, 4.69) is 5.32 Å². The van der Waals surface area contributed by atoms with Crippen molar-refractivity contribution in [1.82, 2.24) is 5.32 Å². The van der Waals surface area contributed by atoms with Crippen molar-refractivity contribution < 1.29 is 19.4 Å². The predicted octanol–water partition coefficient (Wildman–Crippen LogP) is 3.65. The number of hydrogen-bond acceptors (Lipinski definition) is 3. The van der Waals surface area contributed by atoms with Crippen molar-refractivity contribution in [3.05, 3.63) is 70.3 Å². The molecule has 2 aromatic carbocycles. The fourth-order valence-corrected chi connectivity index (χ4v) is 3.30. The molecular weight excluding hydrogens is 330 g/mol. The van der Waals surface area contributed by atoms with E-state index in [9.17, 15) is 14.7 Å². The van der Waals surface area contributed by atoms with Gasteiger partial charge in [0.15, 0.2) is 0 Å². The van der Waals surface area contributed by atoms with Crippen LogP contribution in [0.4, 0.5) is 0 Å². The Kier molecular flexibility index (Phi) is 5.38. The van der Waals surface area contributed by atoms with Crippen molar-refractivity contribution in [2.75, 3.05) is 6.61 Å². The average Bonchev–Trinajstić information content (AvgIpc) is 2.62. The molecule has 0 aromatic heterocycles. The molecule has 2 N–H and O–H groups in total. The summed E-state index contributed by atoms with van der Waals surface area (Å²) >= 11 is 0. The number of ether oxygens (including phenoxy) is 1. The summed E-state index contributed by atoms with van der Waals surface area (Å²) in [6, 6.07) is 12.6. The summed E-state index contributed by atoms with van der Waals surface area (Å²) in [6.45, 7) is 4.48. The van der Waals surface area contributed by atoms with E-state index in [4.69, 9.17) is 4.74 Å². The van der Waals surface area contributed by atoms with Crippen molar-refractivity contribution in [3.63, 3.8) is 0 Å². The highest BCUT2D eigenvalue weighted by Crippen LogP contribution is 2.29. The molecule has 1 heterocycles. The van der Waals surface area contributed by atoms with Crippen LogP contribution in [0.3, 0.4) is 0 Å². The third-order valence-corrected chi connectivity index (χ3v) is 4.63. The average molecular weight is 353 g/mol. The fraction of sp³-hybridized carbons (Fsp3) is 0.333. The number of carboxylic acids is 1. The van der Waals surface area contributed by atoms with Crippen molar-refractivity contribution in [2.45, 2.75) is 38.8 Å². The van der Waals surface area contributed by atoms with Gasteiger partial charge in [-0.2, -0.15) is 0 Å². The number of hydrogen-bond donors (Lipinski definition) is 2. The van der Waals surface area contributed by atoms with E-state index in [1.165, 1.54) is 11.6 Å². The second-order valence-corrected chi connectivity index (χ2v) is 6.82. The molecule has 0 spiro atoms. The largest absolute Gasteiger partial charge is 0.478 e. The molecule has 1 aliphatic rings. The number of aryl methyl sites for hydroxylation is 2. The number of nitrogens with one attached hydrogen (secondary N) is 1. The number of benzene rings is 2. The highest BCUT2D eigenvalue weighted by molar-refractivity contribution is 5.98. The maximum absolute atomic E-state index is 12.7. The molecule has 136 valence electrons. The third-order valence-electron chi connectivity index (χ3n) is 4.63. The van der Waals surface area contributed by atoms with Crippen LogP contribution >= 0.6 is 0 Å². The number of carboxylic acid groups (broad SMARTS) is 1. The lowest BCUT2D eigenvalue weighted by atomic mass is 9.95. The van der Waals surface area contributed by atoms with Gasteiger partial charge >= 0.3 is 5.97 Å². The highest BCUT2D eigenvalue weighted by atomic mass is 16.5. The van der Waals surface area contributed by atoms with E-state index in [0.29, 0.717) is 12.2 Å². The van der Waals surface area contributed by atoms with Gasteiger partial charge in [0.05, 0.1) is 11.6 Å². The van der Waals surface area contributed by atoms with Gasteiger partial charge in [0, 0.05) is 12.2 Å². The molecule has 1 amide bonds. The normalized spacial score (nSPS) is 19.8. The Balaban J connectivity index is 1.80.